The lowest BCUT2D eigenvalue weighted by Crippen LogP contribution is -2.39. The fourth-order valence-electron chi connectivity index (χ4n) is 2.71. The van der Waals surface area contributed by atoms with Crippen molar-refractivity contribution in [3.8, 4) is 0 Å². The Labute approximate surface area is 123 Å². The smallest absolute Gasteiger partial charge is 0.356 e. The summed E-state index contributed by atoms with van der Waals surface area (Å²) in [6, 6.07) is 11.6. The Kier molecular flexibility index (Phi) is 3.66. The van der Waals surface area contributed by atoms with Crippen molar-refractivity contribution in [3.05, 3.63) is 48.4 Å². The zero-order valence-electron chi connectivity index (χ0n) is 12.1. The molecule has 0 spiro atoms. The molecule has 0 bridgehead atoms. The number of rotatable bonds is 5. The summed E-state index contributed by atoms with van der Waals surface area (Å²) in [7, 11) is 0. The second kappa shape index (κ2) is 5.61. The van der Waals surface area contributed by atoms with E-state index in [-0.39, 0.29) is 0 Å². The molecule has 0 radical (unpaired) electrons. The van der Waals surface area contributed by atoms with E-state index >= 15 is 0 Å². The highest BCUT2D eigenvalue weighted by atomic mass is 16.4. The van der Waals surface area contributed by atoms with Crippen LogP contribution in [0.5, 0.6) is 0 Å². The number of para-hydroxylation sites is 2. The Morgan fingerprint density at radius 2 is 2.10 bits per heavy atom. The molecule has 0 aliphatic carbocycles. The SMILES string of the molecule is CCCn1c(N)[n+](C[C@H](O)c2ccco2)c2ccccc21. The molecule has 0 fully saturated rings. The van der Waals surface area contributed by atoms with Crippen LogP contribution in [-0.4, -0.2) is 9.67 Å². The molecule has 21 heavy (non-hydrogen) atoms. The third-order valence-electron chi connectivity index (χ3n) is 3.69. The monoisotopic (exact) mass is 286 g/mol. The molecule has 5 heteroatoms. The van der Waals surface area contributed by atoms with Gasteiger partial charge in [0, 0.05) is 0 Å². The number of fused-ring (bicyclic) bond motifs is 1. The van der Waals surface area contributed by atoms with Crippen LogP contribution < -0.4 is 10.3 Å². The maximum atomic E-state index is 10.3. The van der Waals surface area contributed by atoms with E-state index in [1.165, 1.54) is 0 Å². The number of aliphatic hydroxyl groups is 1. The van der Waals surface area contributed by atoms with Crippen molar-refractivity contribution < 1.29 is 14.1 Å². The molecule has 2 aromatic heterocycles. The molecule has 0 unspecified atom stereocenters. The summed E-state index contributed by atoms with van der Waals surface area (Å²) >= 11 is 0. The van der Waals surface area contributed by atoms with E-state index in [0.29, 0.717) is 18.3 Å². The van der Waals surface area contributed by atoms with Gasteiger partial charge in [0.05, 0.1) is 12.8 Å². The molecule has 0 aliphatic rings. The molecule has 0 aliphatic heterocycles. The van der Waals surface area contributed by atoms with E-state index in [1.807, 2.05) is 22.8 Å². The number of hydrogen-bond acceptors (Lipinski definition) is 3. The number of hydrogen-bond donors (Lipinski definition) is 2. The third-order valence-corrected chi connectivity index (χ3v) is 3.69. The van der Waals surface area contributed by atoms with Crippen molar-refractivity contribution in [2.24, 2.45) is 0 Å². The Hall–Kier alpha value is -2.27. The molecule has 3 N–H and O–H groups in total. The van der Waals surface area contributed by atoms with E-state index in [0.717, 1.165) is 24.0 Å². The lowest BCUT2D eigenvalue weighted by molar-refractivity contribution is -0.666. The number of aromatic nitrogens is 2. The van der Waals surface area contributed by atoms with E-state index < -0.39 is 6.10 Å². The fourth-order valence-corrected chi connectivity index (χ4v) is 2.71. The van der Waals surface area contributed by atoms with Crippen LogP contribution in [0.1, 0.15) is 25.2 Å². The van der Waals surface area contributed by atoms with Crippen LogP contribution in [-0.2, 0) is 13.1 Å². The Morgan fingerprint density at radius 1 is 1.29 bits per heavy atom. The van der Waals surface area contributed by atoms with Crippen molar-refractivity contribution >= 4 is 17.0 Å². The van der Waals surface area contributed by atoms with Crippen LogP contribution in [0, 0.1) is 0 Å². The summed E-state index contributed by atoms with van der Waals surface area (Å²) in [6.45, 7) is 3.35. The molecule has 3 rings (SSSR count). The summed E-state index contributed by atoms with van der Waals surface area (Å²) in [5, 5.41) is 10.3. The van der Waals surface area contributed by atoms with Crippen molar-refractivity contribution in [3.63, 3.8) is 0 Å². The van der Waals surface area contributed by atoms with Crippen LogP contribution >= 0.6 is 0 Å². The number of benzene rings is 1. The number of nitrogens with zero attached hydrogens (tertiary/aromatic N) is 2. The van der Waals surface area contributed by atoms with Gasteiger partial charge in [0.15, 0.2) is 0 Å². The summed E-state index contributed by atoms with van der Waals surface area (Å²) in [4.78, 5) is 0. The first kappa shape index (κ1) is 13.7. The molecular formula is C16H20N3O2+. The van der Waals surface area contributed by atoms with Crippen molar-refractivity contribution in [2.75, 3.05) is 5.73 Å². The fraction of sp³-hybridized carbons (Fsp3) is 0.312. The van der Waals surface area contributed by atoms with E-state index in [9.17, 15) is 5.11 Å². The molecule has 110 valence electrons. The van der Waals surface area contributed by atoms with Crippen molar-refractivity contribution in [2.45, 2.75) is 32.5 Å². The highest BCUT2D eigenvalue weighted by molar-refractivity contribution is 5.73. The second-order valence-corrected chi connectivity index (χ2v) is 5.14. The van der Waals surface area contributed by atoms with Gasteiger partial charge in [-0.2, -0.15) is 0 Å². The van der Waals surface area contributed by atoms with Gasteiger partial charge in [-0.25, -0.2) is 9.13 Å². The van der Waals surface area contributed by atoms with Crippen molar-refractivity contribution in [1.82, 2.24) is 4.57 Å². The molecule has 2 heterocycles. The quantitative estimate of drug-likeness (QED) is 0.707. The van der Waals surface area contributed by atoms with Crippen molar-refractivity contribution in [1.29, 1.82) is 0 Å². The number of aryl methyl sites for hydroxylation is 1. The number of imidazole rings is 1. The van der Waals surface area contributed by atoms with Crippen LogP contribution in [0.15, 0.2) is 47.1 Å². The molecule has 3 aromatic rings. The summed E-state index contributed by atoms with van der Waals surface area (Å²) in [5.41, 5.74) is 8.40. The van der Waals surface area contributed by atoms with Gasteiger partial charge < -0.3 is 9.52 Å². The lowest BCUT2D eigenvalue weighted by atomic mass is 10.2. The third kappa shape index (κ3) is 2.40. The predicted molar refractivity (Wildman–Crippen MR) is 80.5 cm³/mol. The normalized spacial score (nSPS) is 12.9. The zero-order chi connectivity index (χ0) is 14.8. The van der Waals surface area contributed by atoms with Crippen LogP contribution in [0.25, 0.3) is 11.0 Å². The zero-order valence-corrected chi connectivity index (χ0v) is 12.1. The average Bonchev–Trinajstić information content (AvgIpc) is 3.11. The highest BCUT2D eigenvalue weighted by Crippen LogP contribution is 2.19. The average molecular weight is 286 g/mol. The number of furan rings is 1. The molecule has 0 saturated carbocycles. The van der Waals surface area contributed by atoms with Crippen LogP contribution in [0.2, 0.25) is 0 Å². The van der Waals surface area contributed by atoms with Gasteiger partial charge in [0.2, 0.25) is 0 Å². The van der Waals surface area contributed by atoms with Gasteiger partial charge in [-0.1, -0.05) is 19.1 Å². The standard InChI is InChI=1S/C16H19N3O2/c1-2-9-18-12-6-3-4-7-13(12)19(16(18)17)11-14(20)15-8-5-10-21-15/h3-8,10,14,17,20H,2,9,11H2,1H3/p+1/t14-/m0/s1. The summed E-state index contributed by atoms with van der Waals surface area (Å²) < 4.78 is 9.29. The minimum atomic E-state index is -0.715. The summed E-state index contributed by atoms with van der Waals surface area (Å²) in [6.07, 6.45) is 1.85. The van der Waals surface area contributed by atoms with Gasteiger partial charge in [0.1, 0.15) is 29.4 Å². The van der Waals surface area contributed by atoms with Gasteiger partial charge in [-0.15, -0.1) is 0 Å². The van der Waals surface area contributed by atoms with Gasteiger partial charge in [-0.3, -0.25) is 5.73 Å². The first-order chi connectivity index (χ1) is 10.2. The number of nitrogen functional groups attached to an aromatic ring is 1. The largest absolute Gasteiger partial charge is 0.466 e. The molecule has 1 aromatic carbocycles. The lowest BCUT2D eigenvalue weighted by Gasteiger charge is -2.07. The van der Waals surface area contributed by atoms with E-state index in [1.54, 1.807) is 18.4 Å². The first-order valence-corrected chi connectivity index (χ1v) is 7.20. The Balaban J connectivity index is 2.03. The maximum absolute atomic E-state index is 10.3. The molecule has 1 atom stereocenters. The minimum Gasteiger partial charge on any atom is -0.466 e. The summed E-state index contributed by atoms with van der Waals surface area (Å²) in [5.74, 6) is 1.21. The topological polar surface area (TPSA) is 68.2 Å². The maximum Gasteiger partial charge on any atom is 0.356 e. The minimum absolute atomic E-state index is 0.372. The Morgan fingerprint density at radius 3 is 2.81 bits per heavy atom. The van der Waals surface area contributed by atoms with Crippen LogP contribution in [0.4, 0.5) is 5.95 Å². The number of anilines is 1. The second-order valence-electron chi connectivity index (χ2n) is 5.14. The van der Waals surface area contributed by atoms with E-state index in [2.05, 4.69) is 17.6 Å². The molecular weight excluding hydrogens is 266 g/mol. The van der Waals surface area contributed by atoms with Gasteiger partial charge in [0.25, 0.3) is 0 Å². The molecule has 5 nitrogen and oxygen atoms in total. The molecule has 0 amide bonds. The predicted octanol–water partition coefficient (Wildman–Crippen LogP) is 2.25. The van der Waals surface area contributed by atoms with Crippen LogP contribution in [0.3, 0.4) is 0 Å². The molecule has 0 saturated heterocycles. The van der Waals surface area contributed by atoms with Gasteiger partial charge >= 0.3 is 5.95 Å². The highest BCUT2D eigenvalue weighted by Gasteiger charge is 2.23. The van der Waals surface area contributed by atoms with E-state index in [4.69, 9.17) is 10.2 Å². The number of aliphatic hydroxyl groups excluding tert-OH is 1. The van der Waals surface area contributed by atoms with Gasteiger partial charge in [-0.05, 0) is 30.7 Å². The first-order valence-electron chi connectivity index (χ1n) is 7.20. The number of nitrogens with two attached hydrogens (primary N) is 1. The Bertz CT molecular complexity index is 731.